The minimum atomic E-state index is -4.45. The van der Waals surface area contributed by atoms with Crippen LogP contribution >= 0.6 is 11.3 Å². The highest BCUT2D eigenvalue weighted by Gasteiger charge is 2.29. The molecule has 4 nitrogen and oxygen atoms in total. The van der Waals surface area contributed by atoms with Crippen LogP contribution in [-0.2, 0) is 6.54 Å². The Bertz CT molecular complexity index is 938. The number of hydrogen-bond donors (Lipinski definition) is 1. The maximum atomic E-state index is 12.5. The van der Waals surface area contributed by atoms with Gasteiger partial charge in [0, 0.05) is 23.0 Å². The molecule has 0 spiro atoms. The van der Waals surface area contributed by atoms with E-state index in [1.54, 1.807) is 12.1 Å². The van der Waals surface area contributed by atoms with Gasteiger partial charge in [-0.2, -0.15) is 13.2 Å². The molecule has 2 heterocycles. The molecule has 0 radical (unpaired) electrons. The SMILES string of the molecule is Cc1c(C(=O)NCc2cccnc2OCC(F)(F)F)sc2ccccc12. The molecule has 136 valence electrons. The maximum absolute atomic E-state index is 12.5. The molecular weight excluding hydrogens is 365 g/mol. The first-order valence-corrected chi connectivity index (χ1v) is 8.56. The zero-order valence-electron chi connectivity index (χ0n) is 13.8. The fourth-order valence-corrected chi connectivity index (χ4v) is 3.61. The summed E-state index contributed by atoms with van der Waals surface area (Å²) in [6.07, 6.45) is -3.11. The highest BCUT2D eigenvalue weighted by Crippen LogP contribution is 2.30. The number of hydrogen-bond acceptors (Lipinski definition) is 4. The van der Waals surface area contributed by atoms with Gasteiger partial charge in [0.15, 0.2) is 6.61 Å². The van der Waals surface area contributed by atoms with E-state index in [2.05, 4.69) is 10.3 Å². The molecule has 0 aliphatic rings. The number of rotatable bonds is 5. The van der Waals surface area contributed by atoms with Gasteiger partial charge in [-0.3, -0.25) is 4.79 Å². The number of benzene rings is 1. The van der Waals surface area contributed by atoms with E-state index >= 15 is 0 Å². The van der Waals surface area contributed by atoms with Crippen molar-refractivity contribution in [2.45, 2.75) is 19.6 Å². The molecule has 0 fully saturated rings. The van der Waals surface area contributed by atoms with Crippen LogP contribution in [0.15, 0.2) is 42.6 Å². The highest BCUT2D eigenvalue weighted by atomic mass is 32.1. The van der Waals surface area contributed by atoms with Crippen molar-refractivity contribution in [1.82, 2.24) is 10.3 Å². The number of nitrogens with zero attached hydrogens (tertiary/aromatic N) is 1. The van der Waals surface area contributed by atoms with Gasteiger partial charge in [0.05, 0.1) is 4.88 Å². The van der Waals surface area contributed by atoms with E-state index in [0.717, 1.165) is 15.6 Å². The summed E-state index contributed by atoms with van der Waals surface area (Å²) in [5, 5.41) is 3.74. The molecule has 1 aromatic carbocycles. The topological polar surface area (TPSA) is 51.2 Å². The van der Waals surface area contributed by atoms with Gasteiger partial charge in [-0.1, -0.05) is 24.3 Å². The van der Waals surface area contributed by atoms with Gasteiger partial charge in [0.2, 0.25) is 5.88 Å². The van der Waals surface area contributed by atoms with Crippen LogP contribution in [0.4, 0.5) is 13.2 Å². The lowest BCUT2D eigenvalue weighted by Crippen LogP contribution is -2.24. The van der Waals surface area contributed by atoms with Crippen molar-refractivity contribution in [2.24, 2.45) is 0 Å². The number of pyridine rings is 1. The Morgan fingerprint density at radius 2 is 2.00 bits per heavy atom. The first-order chi connectivity index (χ1) is 12.3. The lowest BCUT2D eigenvalue weighted by molar-refractivity contribution is -0.154. The second-order valence-corrected chi connectivity index (χ2v) is 6.66. The predicted molar refractivity (Wildman–Crippen MR) is 93.5 cm³/mol. The molecule has 3 aromatic rings. The number of aromatic nitrogens is 1. The van der Waals surface area contributed by atoms with Crippen molar-refractivity contribution < 1.29 is 22.7 Å². The number of carbonyl (C=O) groups excluding carboxylic acids is 1. The van der Waals surface area contributed by atoms with E-state index in [-0.39, 0.29) is 18.3 Å². The molecule has 1 amide bonds. The van der Waals surface area contributed by atoms with Gasteiger partial charge >= 0.3 is 6.18 Å². The quantitative estimate of drug-likeness (QED) is 0.710. The predicted octanol–water partition coefficient (Wildman–Crippen LogP) is 4.48. The number of fused-ring (bicyclic) bond motifs is 1. The molecule has 0 unspecified atom stereocenters. The number of ether oxygens (including phenoxy) is 1. The first-order valence-electron chi connectivity index (χ1n) is 7.75. The molecule has 0 atom stereocenters. The van der Waals surface area contributed by atoms with Crippen LogP contribution in [0.1, 0.15) is 20.8 Å². The van der Waals surface area contributed by atoms with Gasteiger partial charge in [0.1, 0.15) is 0 Å². The highest BCUT2D eigenvalue weighted by molar-refractivity contribution is 7.21. The van der Waals surface area contributed by atoms with Gasteiger partial charge in [-0.05, 0) is 30.0 Å². The average molecular weight is 380 g/mol. The number of nitrogens with one attached hydrogen (secondary N) is 1. The van der Waals surface area contributed by atoms with Crippen LogP contribution in [-0.4, -0.2) is 23.7 Å². The van der Waals surface area contributed by atoms with Gasteiger partial charge < -0.3 is 10.1 Å². The summed E-state index contributed by atoms with van der Waals surface area (Å²) in [6, 6.07) is 10.8. The number of aryl methyl sites for hydroxylation is 1. The van der Waals surface area contributed by atoms with Crippen molar-refractivity contribution in [3.05, 3.63) is 58.6 Å². The van der Waals surface area contributed by atoms with Crippen LogP contribution in [0, 0.1) is 6.92 Å². The number of thiophene rings is 1. The molecule has 2 aromatic heterocycles. The van der Waals surface area contributed by atoms with Crippen LogP contribution in [0.5, 0.6) is 5.88 Å². The minimum Gasteiger partial charge on any atom is -0.468 e. The lowest BCUT2D eigenvalue weighted by atomic mass is 10.1. The Labute approximate surface area is 151 Å². The normalized spacial score (nSPS) is 11.5. The smallest absolute Gasteiger partial charge is 0.422 e. The molecular formula is C18H15F3N2O2S. The monoisotopic (exact) mass is 380 g/mol. The number of amides is 1. The summed E-state index contributed by atoms with van der Waals surface area (Å²) in [6.45, 7) is 0.462. The zero-order valence-corrected chi connectivity index (χ0v) is 14.6. The number of carbonyl (C=O) groups is 1. The van der Waals surface area contributed by atoms with E-state index < -0.39 is 12.8 Å². The van der Waals surface area contributed by atoms with Crippen LogP contribution in [0.3, 0.4) is 0 Å². The van der Waals surface area contributed by atoms with Gasteiger partial charge in [-0.25, -0.2) is 4.98 Å². The van der Waals surface area contributed by atoms with E-state index in [1.807, 2.05) is 31.2 Å². The first kappa shape index (κ1) is 18.2. The van der Waals surface area contributed by atoms with E-state index in [9.17, 15) is 18.0 Å². The Hall–Kier alpha value is -2.61. The van der Waals surface area contributed by atoms with Gasteiger partial charge in [0.25, 0.3) is 5.91 Å². The van der Waals surface area contributed by atoms with Crippen LogP contribution < -0.4 is 10.1 Å². The maximum Gasteiger partial charge on any atom is 0.422 e. The molecule has 0 aliphatic carbocycles. The summed E-state index contributed by atoms with van der Waals surface area (Å²) in [5.41, 5.74) is 1.26. The van der Waals surface area contributed by atoms with Crippen molar-refractivity contribution in [3.8, 4) is 5.88 Å². The summed E-state index contributed by atoms with van der Waals surface area (Å²) in [4.78, 5) is 16.9. The summed E-state index contributed by atoms with van der Waals surface area (Å²) in [5.74, 6) is -0.424. The van der Waals surface area contributed by atoms with E-state index in [4.69, 9.17) is 4.74 Å². The minimum absolute atomic E-state index is 0.0214. The van der Waals surface area contributed by atoms with E-state index in [0.29, 0.717) is 10.4 Å². The van der Waals surface area contributed by atoms with Crippen LogP contribution in [0.2, 0.25) is 0 Å². The molecule has 8 heteroatoms. The Morgan fingerprint density at radius 3 is 2.73 bits per heavy atom. The molecule has 0 aliphatic heterocycles. The number of alkyl halides is 3. The Balaban J connectivity index is 1.72. The Morgan fingerprint density at radius 1 is 1.23 bits per heavy atom. The van der Waals surface area contributed by atoms with Gasteiger partial charge in [-0.15, -0.1) is 11.3 Å². The fourth-order valence-electron chi connectivity index (χ4n) is 2.49. The van der Waals surface area contributed by atoms with Crippen molar-refractivity contribution in [1.29, 1.82) is 0 Å². The standard InChI is InChI=1S/C18H15F3N2O2S/c1-11-13-6-2-3-7-14(13)26-15(11)16(24)23-9-12-5-4-8-22-17(12)25-10-18(19,20)21/h2-8H,9-10H2,1H3,(H,23,24). The third kappa shape index (κ3) is 4.13. The van der Waals surface area contributed by atoms with Crippen molar-refractivity contribution >= 4 is 27.3 Å². The molecule has 0 saturated heterocycles. The molecule has 26 heavy (non-hydrogen) atoms. The third-order valence-electron chi connectivity index (χ3n) is 3.71. The zero-order chi connectivity index (χ0) is 18.7. The summed E-state index contributed by atoms with van der Waals surface area (Å²) in [7, 11) is 0. The molecule has 0 bridgehead atoms. The molecule has 1 N–H and O–H groups in total. The second-order valence-electron chi connectivity index (χ2n) is 5.61. The summed E-state index contributed by atoms with van der Waals surface area (Å²) < 4.78 is 42.7. The van der Waals surface area contributed by atoms with Crippen molar-refractivity contribution in [3.63, 3.8) is 0 Å². The second kappa shape index (κ2) is 7.33. The van der Waals surface area contributed by atoms with Crippen LogP contribution in [0.25, 0.3) is 10.1 Å². The largest absolute Gasteiger partial charge is 0.468 e. The molecule has 0 saturated carbocycles. The fraction of sp³-hybridized carbons (Fsp3) is 0.222. The third-order valence-corrected chi connectivity index (χ3v) is 4.98. The van der Waals surface area contributed by atoms with Crippen molar-refractivity contribution in [2.75, 3.05) is 6.61 Å². The lowest BCUT2D eigenvalue weighted by Gasteiger charge is -2.12. The van der Waals surface area contributed by atoms with E-state index in [1.165, 1.54) is 17.5 Å². The number of halogens is 3. The molecule has 3 rings (SSSR count). The average Bonchev–Trinajstić information content (AvgIpc) is 2.95. The Kier molecular flexibility index (Phi) is 5.13. The summed E-state index contributed by atoms with van der Waals surface area (Å²) >= 11 is 1.38.